The second kappa shape index (κ2) is 10.7. The van der Waals surface area contributed by atoms with Crippen LogP contribution in [0.5, 0.6) is 5.75 Å². The summed E-state index contributed by atoms with van der Waals surface area (Å²) in [4.78, 5) is 37.2. The van der Waals surface area contributed by atoms with Crippen molar-refractivity contribution < 1.29 is 24.2 Å². The van der Waals surface area contributed by atoms with E-state index in [1.54, 1.807) is 42.5 Å². The normalized spacial score (nSPS) is 10.9. The number of methoxy groups -OCH3 is 1. The Morgan fingerprint density at radius 2 is 1.64 bits per heavy atom. The molecule has 7 nitrogen and oxygen atoms in total. The fourth-order valence-corrected chi connectivity index (χ4v) is 3.15. The van der Waals surface area contributed by atoms with E-state index in [2.05, 4.69) is 10.6 Å². The molecular formula is C24H18Cl2N2O5. The molecule has 0 unspecified atom stereocenters. The summed E-state index contributed by atoms with van der Waals surface area (Å²) in [6.45, 7) is 0. The number of nitrogens with one attached hydrogen (secondary N) is 2. The Balaban J connectivity index is 1.98. The lowest BCUT2D eigenvalue weighted by Gasteiger charge is -2.14. The van der Waals surface area contributed by atoms with Crippen LogP contribution < -0.4 is 15.4 Å². The third-order valence-electron chi connectivity index (χ3n) is 4.48. The maximum atomic E-state index is 13.1. The number of benzene rings is 3. The van der Waals surface area contributed by atoms with Crippen molar-refractivity contribution in [2.45, 2.75) is 0 Å². The largest absolute Gasteiger partial charge is 0.495 e. The van der Waals surface area contributed by atoms with E-state index in [1.807, 2.05) is 0 Å². The van der Waals surface area contributed by atoms with E-state index >= 15 is 0 Å². The molecule has 3 rings (SSSR count). The zero-order valence-electron chi connectivity index (χ0n) is 17.3. The molecule has 0 atom stereocenters. The average molecular weight is 485 g/mol. The number of hydrogen-bond donors (Lipinski definition) is 3. The quantitative estimate of drug-likeness (QED) is 0.404. The summed E-state index contributed by atoms with van der Waals surface area (Å²) in [6.07, 6.45) is 1.42. The SMILES string of the molecule is COc1ccc(C(=O)O)cc1NC(=O)C(=Cc1ccc(Cl)c(Cl)c1)NC(=O)c1ccccc1. The molecule has 0 aliphatic rings. The minimum Gasteiger partial charge on any atom is -0.495 e. The maximum Gasteiger partial charge on any atom is 0.335 e. The molecule has 0 aliphatic carbocycles. The number of amides is 2. The molecule has 0 radical (unpaired) electrons. The molecule has 168 valence electrons. The fraction of sp³-hybridized carbons (Fsp3) is 0.0417. The first kappa shape index (κ1) is 23.8. The molecule has 0 aliphatic heterocycles. The highest BCUT2D eigenvalue weighted by Gasteiger charge is 2.18. The van der Waals surface area contributed by atoms with Crippen LogP contribution in [0.25, 0.3) is 6.08 Å². The van der Waals surface area contributed by atoms with Gasteiger partial charge < -0.3 is 20.5 Å². The minimum absolute atomic E-state index is 0.0468. The molecule has 0 saturated carbocycles. The van der Waals surface area contributed by atoms with Gasteiger partial charge in [-0.1, -0.05) is 47.5 Å². The Morgan fingerprint density at radius 3 is 2.27 bits per heavy atom. The van der Waals surface area contributed by atoms with Crippen LogP contribution in [0.3, 0.4) is 0 Å². The molecule has 0 spiro atoms. The average Bonchev–Trinajstić information content (AvgIpc) is 2.81. The Bertz CT molecular complexity index is 1240. The number of carbonyl (C=O) groups excluding carboxylic acids is 2. The van der Waals surface area contributed by atoms with Crippen LogP contribution in [0.1, 0.15) is 26.3 Å². The van der Waals surface area contributed by atoms with E-state index < -0.39 is 17.8 Å². The molecule has 0 aromatic heterocycles. The summed E-state index contributed by atoms with van der Waals surface area (Å²) in [6, 6.07) is 17.1. The second-order valence-electron chi connectivity index (χ2n) is 6.73. The van der Waals surface area contributed by atoms with E-state index in [0.29, 0.717) is 16.1 Å². The van der Waals surface area contributed by atoms with Crippen molar-refractivity contribution in [1.82, 2.24) is 5.32 Å². The number of hydrogen-bond acceptors (Lipinski definition) is 4. The first-order chi connectivity index (χ1) is 15.8. The molecule has 9 heteroatoms. The second-order valence-corrected chi connectivity index (χ2v) is 7.54. The number of carboxylic acids is 1. The molecule has 0 fully saturated rings. The van der Waals surface area contributed by atoms with Crippen LogP contribution in [0.2, 0.25) is 10.0 Å². The van der Waals surface area contributed by atoms with Gasteiger partial charge in [-0.3, -0.25) is 9.59 Å². The van der Waals surface area contributed by atoms with Crippen molar-refractivity contribution in [2.75, 3.05) is 12.4 Å². The number of anilines is 1. The summed E-state index contributed by atoms with van der Waals surface area (Å²) in [5.74, 6) is -2.14. The van der Waals surface area contributed by atoms with Gasteiger partial charge in [0.1, 0.15) is 11.4 Å². The van der Waals surface area contributed by atoms with Gasteiger partial charge in [0.2, 0.25) is 0 Å². The van der Waals surface area contributed by atoms with Crippen molar-refractivity contribution >= 4 is 52.7 Å². The fourth-order valence-electron chi connectivity index (χ4n) is 2.84. The van der Waals surface area contributed by atoms with Gasteiger partial charge in [-0.15, -0.1) is 0 Å². The van der Waals surface area contributed by atoms with E-state index in [1.165, 1.54) is 37.5 Å². The van der Waals surface area contributed by atoms with Crippen LogP contribution in [-0.2, 0) is 4.79 Å². The minimum atomic E-state index is -1.17. The number of ether oxygens (including phenoxy) is 1. The van der Waals surface area contributed by atoms with Crippen LogP contribution >= 0.6 is 23.2 Å². The predicted molar refractivity (Wildman–Crippen MR) is 127 cm³/mol. The number of carbonyl (C=O) groups is 3. The van der Waals surface area contributed by atoms with Crippen molar-refractivity contribution in [2.24, 2.45) is 0 Å². The number of aromatic carboxylic acids is 1. The summed E-state index contributed by atoms with van der Waals surface area (Å²) >= 11 is 12.0. The lowest BCUT2D eigenvalue weighted by atomic mass is 10.1. The Morgan fingerprint density at radius 1 is 0.909 bits per heavy atom. The number of rotatable bonds is 7. The smallest absolute Gasteiger partial charge is 0.335 e. The Kier molecular flexibility index (Phi) is 7.71. The summed E-state index contributed by atoms with van der Waals surface area (Å²) in [5, 5.41) is 15.0. The molecule has 3 N–H and O–H groups in total. The van der Waals surface area contributed by atoms with Crippen molar-refractivity contribution in [3.63, 3.8) is 0 Å². The van der Waals surface area contributed by atoms with Crippen LogP contribution in [-0.4, -0.2) is 30.0 Å². The van der Waals surface area contributed by atoms with E-state index in [4.69, 9.17) is 27.9 Å². The lowest BCUT2D eigenvalue weighted by molar-refractivity contribution is -0.113. The molecular weight excluding hydrogens is 467 g/mol. The Labute approximate surface area is 199 Å². The van der Waals surface area contributed by atoms with Gasteiger partial charge in [0.05, 0.1) is 28.4 Å². The monoisotopic (exact) mass is 484 g/mol. The van der Waals surface area contributed by atoms with Crippen LogP contribution in [0.4, 0.5) is 5.69 Å². The van der Waals surface area contributed by atoms with Crippen LogP contribution in [0, 0.1) is 0 Å². The van der Waals surface area contributed by atoms with Gasteiger partial charge in [-0.05, 0) is 54.1 Å². The van der Waals surface area contributed by atoms with Gasteiger partial charge in [0, 0.05) is 5.56 Å². The van der Waals surface area contributed by atoms with Crippen molar-refractivity contribution in [1.29, 1.82) is 0 Å². The van der Waals surface area contributed by atoms with Gasteiger partial charge in [0.15, 0.2) is 0 Å². The standard InChI is InChI=1S/C24H18Cl2N2O5/c1-33-21-10-8-16(24(31)32)13-19(21)27-23(30)20(12-14-7-9-17(25)18(26)11-14)28-22(29)15-5-3-2-4-6-15/h2-13H,1H3,(H,27,30)(H,28,29)(H,31,32). The third kappa shape index (κ3) is 6.12. The topological polar surface area (TPSA) is 105 Å². The first-order valence-corrected chi connectivity index (χ1v) is 10.3. The van der Waals surface area contributed by atoms with Crippen LogP contribution in [0.15, 0.2) is 72.4 Å². The highest BCUT2D eigenvalue weighted by molar-refractivity contribution is 6.42. The van der Waals surface area contributed by atoms with E-state index in [9.17, 15) is 19.5 Å². The first-order valence-electron chi connectivity index (χ1n) is 9.54. The molecule has 2 amide bonds. The van der Waals surface area contributed by atoms with E-state index in [-0.39, 0.29) is 27.7 Å². The number of carboxylic acid groups (broad SMARTS) is 1. The number of halogens is 2. The zero-order chi connectivity index (χ0) is 24.0. The molecule has 33 heavy (non-hydrogen) atoms. The molecule has 3 aromatic rings. The van der Waals surface area contributed by atoms with Crippen molar-refractivity contribution in [3.05, 3.63) is 99.2 Å². The molecule has 0 heterocycles. The molecule has 0 bridgehead atoms. The van der Waals surface area contributed by atoms with Gasteiger partial charge in [-0.2, -0.15) is 0 Å². The lowest BCUT2D eigenvalue weighted by Crippen LogP contribution is -2.30. The molecule has 3 aromatic carbocycles. The summed E-state index contributed by atoms with van der Waals surface area (Å²) in [5.41, 5.74) is 0.820. The maximum absolute atomic E-state index is 13.1. The highest BCUT2D eigenvalue weighted by atomic mass is 35.5. The van der Waals surface area contributed by atoms with Gasteiger partial charge in [0.25, 0.3) is 11.8 Å². The zero-order valence-corrected chi connectivity index (χ0v) is 18.8. The summed E-state index contributed by atoms with van der Waals surface area (Å²) < 4.78 is 5.21. The van der Waals surface area contributed by atoms with Gasteiger partial charge >= 0.3 is 5.97 Å². The molecule has 0 saturated heterocycles. The third-order valence-corrected chi connectivity index (χ3v) is 5.22. The predicted octanol–water partition coefficient (Wildman–Crippen LogP) is 5.11. The highest BCUT2D eigenvalue weighted by Crippen LogP contribution is 2.27. The van der Waals surface area contributed by atoms with Crippen molar-refractivity contribution in [3.8, 4) is 5.75 Å². The summed E-state index contributed by atoms with van der Waals surface area (Å²) in [7, 11) is 1.38. The van der Waals surface area contributed by atoms with Gasteiger partial charge in [-0.25, -0.2) is 4.79 Å². The Hall–Kier alpha value is -3.81. The van der Waals surface area contributed by atoms with E-state index in [0.717, 1.165) is 0 Å².